The van der Waals surface area contributed by atoms with Crippen LogP contribution in [0.1, 0.15) is 17.0 Å². The lowest BCUT2D eigenvalue weighted by atomic mass is 9.86. The molecule has 0 unspecified atom stereocenters. The lowest BCUT2D eigenvalue weighted by Gasteiger charge is -2.32. The highest BCUT2D eigenvalue weighted by Gasteiger charge is 2.25. The Labute approximate surface area is 132 Å². The summed E-state index contributed by atoms with van der Waals surface area (Å²) in [5, 5.41) is 10.9. The molecule has 0 saturated carbocycles. The second-order valence-electron chi connectivity index (χ2n) is 5.78. The van der Waals surface area contributed by atoms with Crippen molar-refractivity contribution in [3.8, 4) is 0 Å². The molecule has 1 N–H and O–H groups in total. The summed E-state index contributed by atoms with van der Waals surface area (Å²) in [6.07, 6.45) is -0.428. The van der Waals surface area contributed by atoms with Crippen molar-refractivity contribution in [3.63, 3.8) is 0 Å². The summed E-state index contributed by atoms with van der Waals surface area (Å²) < 4.78 is 5.39. The number of hydrogen-bond acceptors (Lipinski definition) is 3. The molecule has 0 spiro atoms. The Hall–Kier alpha value is -1.68. The molecule has 1 saturated heterocycles. The summed E-state index contributed by atoms with van der Waals surface area (Å²) >= 11 is 0. The number of aliphatic hydroxyl groups is 1. The van der Waals surface area contributed by atoms with Crippen LogP contribution in [0.5, 0.6) is 0 Å². The minimum atomic E-state index is -0.428. The van der Waals surface area contributed by atoms with Gasteiger partial charge in [-0.25, -0.2) is 0 Å². The van der Waals surface area contributed by atoms with E-state index in [2.05, 4.69) is 29.2 Å². The Morgan fingerprint density at radius 1 is 0.864 bits per heavy atom. The van der Waals surface area contributed by atoms with Crippen molar-refractivity contribution in [1.82, 2.24) is 4.90 Å². The molecular formula is C19H23NO2. The molecule has 116 valence electrons. The Morgan fingerprint density at radius 2 is 1.36 bits per heavy atom. The fraction of sp³-hybridized carbons (Fsp3) is 0.368. The molecule has 22 heavy (non-hydrogen) atoms. The van der Waals surface area contributed by atoms with Gasteiger partial charge in [0.2, 0.25) is 0 Å². The molecule has 0 radical (unpaired) electrons. The number of aliphatic hydroxyl groups excluding tert-OH is 1. The summed E-state index contributed by atoms with van der Waals surface area (Å²) in [6.45, 7) is 3.99. The topological polar surface area (TPSA) is 32.7 Å². The molecule has 1 fully saturated rings. The quantitative estimate of drug-likeness (QED) is 0.920. The number of β-amino-alcohol motifs (C(OH)–C–C–N with tert-alkyl or cyclic N) is 1. The molecule has 1 heterocycles. The smallest absolute Gasteiger partial charge is 0.0776 e. The third-order valence-corrected chi connectivity index (χ3v) is 4.25. The van der Waals surface area contributed by atoms with Crippen molar-refractivity contribution < 1.29 is 9.84 Å². The third kappa shape index (κ3) is 3.74. The van der Waals surface area contributed by atoms with Crippen LogP contribution in [-0.2, 0) is 4.74 Å². The van der Waals surface area contributed by atoms with Crippen LogP contribution in [-0.4, -0.2) is 49.0 Å². The first-order valence-corrected chi connectivity index (χ1v) is 7.92. The Balaban J connectivity index is 1.81. The molecule has 3 nitrogen and oxygen atoms in total. The summed E-state index contributed by atoms with van der Waals surface area (Å²) in [7, 11) is 0. The van der Waals surface area contributed by atoms with Crippen LogP contribution < -0.4 is 0 Å². The average Bonchev–Trinajstić information content (AvgIpc) is 2.58. The highest BCUT2D eigenvalue weighted by Crippen LogP contribution is 2.28. The van der Waals surface area contributed by atoms with E-state index in [0.717, 1.165) is 37.4 Å². The number of morpholine rings is 1. The maximum atomic E-state index is 10.9. The summed E-state index contributed by atoms with van der Waals surface area (Å²) in [4.78, 5) is 2.28. The average molecular weight is 297 g/mol. The monoisotopic (exact) mass is 297 g/mol. The second-order valence-corrected chi connectivity index (χ2v) is 5.78. The minimum absolute atomic E-state index is 0.00486. The first-order valence-electron chi connectivity index (χ1n) is 7.92. The number of rotatable bonds is 5. The summed E-state index contributed by atoms with van der Waals surface area (Å²) in [6, 6.07) is 20.6. The van der Waals surface area contributed by atoms with E-state index in [1.807, 2.05) is 36.4 Å². The van der Waals surface area contributed by atoms with Gasteiger partial charge in [-0.2, -0.15) is 0 Å². The first kappa shape index (κ1) is 15.2. The largest absolute Gasteiger partial charge is 0.391 e. The zero-order chi connectivity index (χ0) is 15.2. The lowest BCUT2D eigenvalue weighted by molar-refractivity contribution is 0.0116. The van der Waals surface area contributed by atoms with Gasteiger partial charge in [0.05, 0.1) is 19.3 Å². The van der Waals surface area contributed by atoms with Crippen molar-refractivity contribution in [1.29, 1.82) is 0 Å². The van der Waals surface area contributed by atoms with Gasteiger partial charge in [-0.15, -0.1) is 0 Å². The number of ether oxygens (including phenoxy) is 1. The van der Waals surface area contributed by atoms with E-state index >= 15 is 0 Å². The van der Waals surface area contributed by atoms with Crippen LogP contribution in [0.15, 0.2) is 60.7 Å². The van der Waals surface area contributed by atoms with Gasteiger partial charge in [-0.1, -0.05) is 60.7 Å². The minimum Gasteiger partial charge on any atom is -0.391 e. The maximum Gasteiger partial charge on any atom is 0.0776 e. The van der Waals surface area contributed by atoms with E-state index in [4.69, 9.17) is 4.74 Å². The summed E-state index contributed by atoms with van der Waals surface area (Å²) in [5.74, 6) is 0.00486. The van der Waals surface area contributed by atoms with Crippen LogP contribution in [0.2, 0.25) is 0 Å². The van der Waals surface area contributed by atoms with E-state index in [9.17, 15) is 5.11 Å². The predicted molar refractivity (Wildman–Crippen MR) is 88.0 cm³/mol. The van der Waals surface area contributed by atoms with Crippen molar-refractivity contribution >= 4 is 0 Å². The van der Waals surface area contributed by atoms with Gasteiger partial charge in [0.15, 0.2) is 0 Å². The van der Waals surface area contributed by atoms with Gasteiger partial charge in [-0.05, 0) is 11.1 Å². The van der Waals surface area contributed by atoms with Gasteiger partial charge >= 0.3 is 0 Å². The molecule has 1 aliphatic rings. The van der Waals surface area contributed by atoms with Crippen LogP contribution in [0.3, 0.4) is 0 Å². The van der Waals surface area contributed by atoms with E-state index in [-0.39, 0.29) is 5.92 Å². The van der Waals surface area contributed by atoms with Crippen molar-refractivity contribution in [2.24, 2.45) is 0 Å². The Kier molecular flexibility index (Phi) is 5.22. The fourth-order valence-electron chi connectivity index (χ4n) is 3.11. The SMILES string of the molecule is O[C@@H](CN1CCOCC1)C(c1ccccc1)c1ccccc1. The molecule has 0 amide bonds. The fourth-order valence-corrected chi connectivity index (χ4v) is 3.11. The number of hydrogen-bond donors (Lipinski definition) is 1. The second kappa shape index (κ2) is 7.54. The van der Waals surface area contributed by atoms with Crippen LogP contribution in [0, 0.1) is 0 Å². The molecule has 0 aromatic heterocycles. The maximum absolute atomic E-state index is 10.9. The zero-order valence-electron chi connectivity index (χ0n) is 12.8. The molecule has 0 aliphatic carbocycles. The molecule has 3 rings (SSSR count). The number of benzene rings is 2. The summed E-state index contributed by atoms with van der Waals surface area (Å²) in [5.41, 5.74) is 2.32. The van der Waals surface area contributed by atoms with Gasteiger partial charge < -0.3 is 9.84 Å². The molecule has 2 aromatic rings. The molecule has 3 heteroatoms. The molecular weight excluding hydrogens is 274 g/mol. The van der Waals surface area contributed by atoms with Gasteiger partial charge in [0.25, 0.3) is 0 Å². The zero-order valence-corrected chi connectivity index (χ0v) is 12.8. The molecule has 0 bridgehead atoms. The molecule has 1 aliphatic heterocycles. The standard InChI is InChI=1S/C19H23NO2/c21-18(15-20-11-13-22-14-12-20)19(16-7-3-1-4-8-16)17-9-5-2-6-10-17/h1-10,18-19,21H,11-15H2/t18-/m0/s1. The van der Waals surface area contributed by atoms with E-state index in [1.165, 1.54) is 0 Å². The van der Waals surface area contributed by atoms with Crippen molar-refractivity contribution in [3.05, 3.63) is 71.8 Å². The Morgan fingerprint density at radius 3 is 1.86 bits per heavy atom. The normalized spacial score (nSPS) is 17.5. The van der Waals surface area contributed by atoms with Gasteiger partial charge in [0.1, 0.15) is 0 Å². The highest BCUT2D eigenvalue weighted by atomic mass is 16.5. The van der Waals surface area contributed by atoms with Gasteiger partial charge in [-0.3, -0.25) is 4.90 Å². The van der Waals surface area contributed by atoms with E-state index in [1.54, 1.807) is 0 Å². The van der Waals surface area contributed by atoms with E-state index < -0.39 is 6.10 Å². The lowest BCUT2D eigenvalue weighted by Crippen LogP contribution is -2.42. The Bertz CT molecular complexity index is 513. The van der Waals surface area contributed by atoms with Crippen LogP contribution >= 0.6 is 0 Å². The highest BCUT2D eigenvalue weighted by molar-refractivity contribution is 5.33. The third-order valence-electron chi connectivity index (χ3n) is 4.25. The molecule has 1 atom stereocenters. The van der Waals surface area contributed by atoms with E-state index in [0.29, 0.717) is 6.54 Å². The first-order chi connectivity index (χ1) is 10.8. The number of nitrogens with zero attached hydrogens (tertiary/aromatic N) is 1. The predicted octanol–water partition coefficient (Wildman–Crippen LogP) is 2.51. The molecule has 2 aromatic carbocycles. The van der Waals surface area contributed by atoms with Crippen molar-refractivity contribution in [2.45, 2.75) is 12.0 Å². The van der Waals surface area contributed by atoms with Gasteiger partial charge in [0, 0.05) is 25.6 Å². The van der Waals surface area contributed by atoms with Crippen LogP contribution in [0.25, 0.3) is 0 Å². The van der Waals surface area contributed by atoms with Crippen molar-refractivity contribution in [2.75, 3.05) is 32.8 Å². The van der Waals surface area contributed by atoms with Crippen LogP contribution in [0.4, 0.5) is 0 Å².